The number of carboxylic acids is 1. The van der Waals surface area contributed by atoms with Gasteiger partial charge in [-0.25, -0.2) is 9.78 Å². The van der Waals surface area contributed by atoms with Crippen molar-refractivity contribution in [1.82, 2.24) is 4.98 Å². The molecule has 0 amide bonds. The lowest BCUT2D eigenvalue weighted by Gasteiger charge is -1.86. The minimum atomic E-state index is -1.08. The zero-order chi connectivity index (χ0) is 11.5. The summed E-state index contributed by atoms with van der Waals surface area (Å²) in [6, 6.07) is 6.95. The van der Waals surface area contributed by atoms with E-state index in [0.29, 0.717) is 16.7 Å². The number of para-hydroxylation sites is 1. The third-order valence-electron chi connectivity index (χ3n) is 1.92. The van der Waals surface area contributed by atoms with Crippen LogP contribution in [0.2, 0.25) is 0 Å². The molecule has 78 valence electrons. The van der Waals surface area contributed by atoms with E-state index in [-0.39, 0.29) is 5.89 Å². The second-order valence-electron chi connectivity index (χ2n) is 2.99. The Morgan fingerprint density at radius 3 is 3.06 bits per heavy atom. The minimum absolute atomic E-state index is 0.167. The van der Waals surface area contributed by atoms with Crippen molar-refractivity contribution in [3.05, 3.63) is 35.7 Å². The van der Waals surface area contributed by atoms with Gasteiger partial charge in [0.05, 0.1) is 5.56 Å². The third kappa shape index (κ3) is 1.77. The van der Waals surface area contributed by atoms with Gasteiger partial charge in [-0.1, -0.05) is 6.07 Å². The molecule has 1 heterocycles. The molecule has 0 spiro atoms. The van der Waals surface area contributed by atoms with E-state index in [4.69, 9.17) is 14.8 Å². The van der Waals surface area contributed by atoms with E-state index in [9.17, 15) is 4.79 Å². The van der Waals surface area contributed by atoms with Crippen LogP contribution in [0.4, 0.5) is 0 Å². The lowest BCUT2D eigenvalue weighted by Crippen LogP contribution is -1.85. The average Bonchev–Trinajstić information content (AvgIpc) is 2.68. The van der Waals surface area contributed by atoms with Crippen LogP contribution in [0.25, 0.3) is 17.2 Å². The Bertz CT molecular complexity index is 620. The van der Waals surface area contributed by atoms with E-state index in [2.05, 4.69) is 4.98 Å². The molecule has 0 fully saturated rings. The smallest absolute Gasteiger partial charge is 0.328 e. The molecule has 0 saturated carbocycles. The van der Waals surface area contributed by atoms with Crippen LogP contribution in [0.15, 0.2) is 28.7 Å². The van der Waals surface area contributed by atoms with Gasteiger partial charge in [0.25, 0.3) is 0 Å². The predicted octanol–water partition coefficient (Wildman–Crippen LogP) is 1.80. The fourth-order valence-corrected chi connectivity index (χ4v) is 1.27. The lowest BCUT2D eigenvalue weighted by molar-refractivity contribution is -0.131. The van der Waals surface area contributed by atoms with Gasteiger partial charge < -0.3 is 9.52 Å². The summed E-state index contributed by atoms with van der Waals surface area (Å²) in [6.45, 7) is 0. The van der Waals surface area contributed by atoms with Crippen molar-refractivity contribution in [2.24, 2.45) is 0 Å². The Morgan fingerprint density at radius 1 is 1.56 bits per heavy atom. The third-order valence-corrected chi connectivity index (χ3v) is 1.92. The van der Waals surface area contributed by atoms with Crippen LogP contribution in [0.1, 0.15) is 11.5 Å². The molecule has 0 radical (unpaired) electrons. The fourth-order valence-electron chi connectivity index (χ4n) is 1.27. The summed E-state index contributed by atoms with van der Waals surface area (Å²) in [4.78, 5) is 14.3. The number of nitrogens with zero attached hydrogens (tertiary/aromatic N) is 2. The Hall–Kier alpha value is -2.61. The summed E-state index contributed by atoms with van der Waals surface area (Å²) < 4.78 is 5.25. The molecular weight excluding hydrogens is 208 g/mol. The molecule has 5 nitrogen and oxygen atoms in total. The van der Waals surface area contributed by atoms with Crippen molar-refractivity contribution in [3.63, 3.8) is 0 Å². The van der Waals surface area contributed by atoms with Gasteiger partial charge in [0.1, 0.15) is 11.6 Å². The maximum absolute atomic E-state index is 10.3. The fraction of sp³-hybridized carbons (Fsp3) is 0. The number of rotatable bonds is 2. The van der Waals surface area contributed by atoms with Crippen LogP contribution in [0.3, 0.4) is 0 Å². The Kier molecular flexibility index (Phi) is 2.40. The average molecular weight is 214 g/mol. The van der Waals surface area contributed by atoms with Gasteiger partial charge in [0.2, 0.25) is 5.89 Å². The number of hydrogen-bond acceptors (Lipinski definition) is 4. The maximum atomic E-state index is 10.3. The quantitative estimate of drug-likeness (QED) is 0.770. The lowest BCUT2D eigenvalue weighted by atomic mass is 10.2. The van der Waals surface area contributed by atoms with E-state index in [0.717, 1.165) is 6.08 Å². The van der Waals surface area contributed by atoms with Crippen LogP contribution < -0.4 is 0 Å². The number of oxazole rings is 1. The van der Waals surface area contributed by atoms with E-state index >= 15 is 0 Å². The van der Waals surface area contributed by atoms with Crippen molar-refractivity contribution in [2.45, 2.75) is 0 Å². The topological polar surface area (TPSA) is 87.1 Å². The first-order chi connectivity index (χ1) is 7.70. The molecule has 0 aliphatic rings. The van der Waals surface area contributed by atoms with Crippen LogP contribution >= 0.6 is 0 Å². The van der Waals surface area contributed by atoms with Crippen LogP contribution in [-0.2, 0) is 4.79 Å². The number of fused-ring (bicyclic) bond motifs is 1. The molecule has 0 saturated heterocycles. The first kappa shape index (κ1) is 9.93. The Labute approximate surface area is 90.2 Å². The summed E-state index contributed by atoms with van der Waals surface area (Å²) in [5.41, 5.74) is 1.30. The number of hydrogen-bond donors (Lipinski definition) is 1. The zero-order valence-electron chi connectivity index (χ0n) is 8.04. The molecule has 0 aliphatic heterocycles. The van der Waals surface area contributed by atoms with Gasteiger partial charge >= 0.3 is 5.97 Å². The maximum Gasteiger partial charge on any atom is 0.328 e. The van der Waals surface area contributed by atoms with Crippen LogP contribution in [-0.4, -0.2) is 16.1 Å². The summed E-state index contributed by atoms with van der Waals surface area (Å²) >= 11 is 0. The molecule has 16 heavy (non-hydrogen) atoms. The second-order valence-corrected chi connectivity index (χ2v) is 2.99. The molecule has 1 aromatic heterocycles. The van der Waals surface area contributed by atoms with Gasteiger partial charge in [-0.3, -0.25) is 0 Å². The molecule has 2 rings (SSSR count). The monoisotopic (exact) mass is 214 g/mol. The number of benzene rings is 1. The Morgan fingerprint density at radius 2 is 2.38 bits per heavy atom. The molecule has 1 N–H and O–H groups in total. The van der Waals surface area contributed by atoms with Gasteiger partial charge in [-0.15, -0.1) is 0 Å². The van der Waals surface area contributed by atoms with Gasteiger partial charge in [0, 0.05) is 12.2 Å². The van der Waals surface area contributed by atoms with E-state index < -0.39 is 5.97 Å². The summed E-state index contributed by atoms with van der Waals surface area (Å²) in [5.74, 6) is -0.914. The molecule has 0 aliphatic carbocycles. The van der Waals surface area contributed by atoms with Gasteiger partial charge in [-0.2, -0.15) is 5.26 Å². The number of carboxylic acid groups (broad SMARTS) is 1. The highest BCUT2D eigenvalue weighted by Crippen LogP contribution is 2.19. The minimum Gasteiger partial charge on any atom is -0.478 e. The number of nitriles is 1. The van der Waals surface area contributed by atoms with E-state index in [1.165, 1.54) is 6.08 Å². The highest BCUT2D eigenvalue weighted by atomic mass is 16.4. The summed E-state index contributed by atoms with van der Waals surface area (Å²) in [5, 5.41) is 17.3. The largest absolute Gasteiger partial charge is 0.478 e. The van der Waals surface area contributed by atoms with Crippen molar-refractivity contribution >= 4 is 23.1 Å². The number of carbonyl (C=O) groups is 1. The second kappa shape index (κ2) is 3.87. The highest BCUT2D eigenvalue weighted by Gasteiger charge is 2.07. The Balaban J connectivity index is 2.53. The van der Waals surface area contributed by atoms with Crippen LogP contribution in [0, 0.1) is 11.3 Å². The zero-order valence-corrected chi connectivity index (χ0v) is 8.04. The molecule has 1 aromatic carbocycles. The van der Waals surface area contributed by atoms with Crippen molar-refractivity contribution in [3.8, 4) is 6.07 Å². The normalized spacial score (nSPS) is 10.7. The molecule has 0 atom stereocenters. The predicted molar refractivity (Wildman–Crippen MR) is 55.4 cm³/mol. The first-order valence-corrected chi connectivity index (χ1v) is 4.41. The van der Waals surface area contributed by atoms with Crippen molar-refractivity contribution < 1.29 is 14.3 Å². The SMILES string of the molecule is N#Cc1cccc2oc(/C=C/C(=O)O)nc12. The molecular formula is C11H6N2O3. The molecule has 0 bridgehead atoms. The first-order valence-electron chi connectivity index (χ1n) is 4.41. The molecule has 2 aromatic rings. The standard InChI is InChI=1S/C11H6N2O3/c12-6-7-2-1-3-8-11(7)13-9(16-8)4-5-10(14)15/h1-5H,(H,14,15)/b5-4+. The number of aliphatic carboxylic acids is 1. The molecule has 5 heteroatoms. The van der Waals surface area contributed by atoms with Crippen LogP contribution in [0.5, 0.6) is 0 Å². The van der Waals surface area contributed by atoms with Crippen molar-refractivity contribution in [1.29, 1.82) is 5.26 Å². The number of aromatic nitrogens is 1. The van der Waals surface area contributed by atoms with Gasteiger partial charge in [0.15, 0.2) is 5.58 Å². The van der Waals surface area contributed by atoms with E-state index in [1.54, 1.807) is 18.2 Å². The molecule has 0 unspecified atom stereocenters. The van der Waals surface area contributed by atoms with Crippen molar-refractivity contribution in [2.75, 3.05) is 0 Å². The highest BCUT2D eigenvalue weighted by molar-refractivity contribution is 5.86. The van der Waals surface area contributed by atoms with E-state index in [1.807, 2.05) is 6.07 Å². The summed E-state index contributed by atoms with van der Waals surface area (Å²) in [6.07, 6.45) is 2.17. The van der Waals surface area contributed by atoms with Gasteiger partial charge in [-0.05, 0) is 12.1 Å². The summed E-state index contributed by atoms with van der Waals surface area (Å²) in [7, 11) is 0.